The van der Waals surface area contributed by atoms with Crippen LogP contribution in [0.25, 0.3) is 0 Å². The zero-order chi connectivity index (χ0) is 17.2. The number of guanidine groups is 1. The number of nitrogens with zero attached hydrogens (tertiary/aromatic N) is 2. The molecule has 132 valence electrons. The van der Waals surface area contributed by atoms with Crippen molar-refractivity contribution in [2.45, 2.75) is 32.7 Å². The van der Waals surface area contributed by atoms with E-state index in [2.05, 4.69) is 22.5 Å². The molecule has 0 aromatic heterocycles. The molecule has 1 aromatic rings. The first-order valence-electron chi connectivity index (χ1n) is 8.52. The average Bonchev–Trinajstić information content (AvgIpc) is 3.11. The topological polar surface area (TPSA) is 88.8 Å². The molecule has 0 bridgehead atoms. The minimum Gasteiger partial charge on any atom is -0.381 e. The van der Waals surface area contributed by atoms with E-state index in [0.29, 0.717) is 12.5 Å². The van der Waals surface area contributed by atoms with Gasteiger partial charge in [0.1, 0.15) is 0 Å². The van der Waals surface area contributed by atoms with Crippen molar-refractivity contribution < 1.29 is 9.66 Å². The summed E-state index contributed by atoms with van der Waals surface area (Å²) in [6.45, 7) is 6.00. The number of nitro groups is 1. The summed E-state index contributed by atoms with van der Waals surface area (Å²) in [6.07, 6.45) is 3.29. The van der Waals surface area contributed by atoms with E-state index in [0.717, 1.165) is 57.1 Å². The summed E-state index contributed by atoms with van der Waals surface area (Å²) < 4.78 is 5.39. The summed E-state index contributed by atoms with van der Waals surface area (Å²) in [7, 11) is 0. The van der Waals surface area contributed by atoms with Crippen LogP contribution < -0.4 is 10.6 Å². The first-order chi connectivity index (χ1) is 11.7. The van der Waals surface area contributed by atoms with Crippen LogP contribution in [-0.2, 0) is 11.3 Å². The molecule has 1 aliphatic heterocycles. The molecule has 1 saturated heterocycles. The Bertz CT molecular complexity index is 539. The predicted molar refractivity (Wildman–Crippen MR) is 94.1 cm³/mol. The van der Waals surface area contributed by atoms with Gasteiger partial charge in [-0.25, -0.2) is 4.99 Å². The van der Waals surface area contributed by atoms with Gasteiger partial charge in [-0.2, -0.15) is 0 Å². The Kier molecular flexibility index (Phi) is 7.48. The molecular formula is C17H26N4O3. The van der Waals surface area contributed by atoms with Gasteiger partial charge in [-0.1, -0.05) is 25.5 Å². The quantitative estimate of drug-likeness (QED) is 0.251. The maximum atomic E-state index is 10.7. The molecule has 1 heterocycles. The molecule has 0 radical (unpaired) electrons. The van der Waals surface area contributed by atoms with Gasteiger partial charge in [0.25, 0.3) is 5.69 Å². The standard InChI is InChI=1S/C17H26N4O3/c1-2-3-9-18-17(20-12-15-8-10-24-13-15)19-11-14-4-6-16(7-5-14)21(22)23/h4-7,15H,2-3,8-13H2,1H3,(H2,18,19,20). The largest absolute Gasteiger partial charge is 0.381 e. The first-order valence-corrected chi connectivity index (χ1v) is 8.52. The van der Waals surface area contributed by atoms with Gasteiger partial charge in [0, 0.05) is 37.7 Å². The van der Waals surface area contributed by atoms with Crippen LogP contribution in [0.4, 0.5) is 5.69 Å². The van der Waals surface area contributed by atoms with Crippen molar-refractivity contribution in [3.63, 3.8) is 0 Å². The van der Waals surface area contributed by atoms with Crippen molar-refractivity contribution in [1.82, 2.24) is 10.6 Å². The second-order valence-electron chi connectivity index (χ2n) is 5.98. The number of aliphatic imine (C=N–C) groups is 1. The van der Waals surface area contributed by atoms with Crippen LogP contribution >= 0.6 is 0 Å². The number of nitro benzene ring substituents is 1. The minimum atomic E-state index is -0.393. The Morgan fingerprint density at radius 3 is 2.79 bits per heavy atom. The lowest BCUT2D eigenvalue weighted by Gasteiger charge is -2.15. The van der Waals surface area contributed by atoms with Gasteiger partial charge in [-0.3, -0.25) is 10.1 Å². The highest BCUT2D eigenvalue weighted by Crippen LogP contribution is 2.13. The highest BCUT2D eigenvalue weighted by molar-refractivity contribution is 5.79. The third-order valence-electron chi connectivity index (χ3n) is 3.97. The highest BCUT2D eigenvalue weighted by atomic mass is 16.6. The van der Waals surface area contributed by atoms with E-state index in [-0.39, 0.29) is 5.69 Å². The van der Waals surface area contributed by atoms with Crippen molar-refractivity contribution >= 4 is 11.6 Å². The smallest absolute Gasteiger partial charge is 0.269 e. The van der Waals surface area contributed by atoms with Gasteiger partial charge < -0.3 is 15.4 Å². The monoisotopic (exact) mass is 334 g/mol. The number of rotatable bonds is 8. The zero-order valence-electron chi connectivity index (χ0n) is 14.2. The number of non-ortho nitro benzene ring substituents is 1. The Balaban J connectivity index is 1.90. The van der Waals surface area contributed by atoms with Crippen molar-refractivity contribution in [2.24, 2.45) is 10.9 Å². The van der Waals surface area contributed by atoms with E-state index >= 15 is 0 Å². The molecular weight excluding hydrogens is 308 g/mol. The molecule has 2 N–H and O–H groups in total. The molecule has 0 saturated carbocycles. The van der Waals surface area contributed by atoms with Crippen LogP contribution in [0.3, 0.4) is 0 Å². The maximum Gasteiger partial charge on any atom is 0.269 e. The Labute approximate surface area is 142 Å². The number of hydrogen-bond donors (Lipinski definition) is 2. The summed E-state index contributed by atoms with van der Waals surface area (Å²) in [5.74, 6) is 1.32. The molecule has 0 aliphatic carbocycles. The summed E-state index contributed by atoms with van der Waals surface area (Å²) in [6, 6.07) is 6.52. The summed E-state index contributed by atoms with van der Waals surface area (Å²) in [4.78, 5) is 14.9. The molecule has 1 unspecified atom stereocenters. The normalized spacial score (nSPS) is 17.7. The van der Waals surface area contributed by atoms with Crippen LogP contribution in [-0.4, -0.2) is 37.2 Å². The van der Waals surface area contributed by atoms with Crippen molar-refractivity contribution in [1.29, 1.82) is 0 Å². The van der Waals surface area contributed by atoms with Crippen LogP contribution in [0.2, 0.25) is 0 Å². The second kappa shape index (κ2) is 9.87. The third-order valence-corrected chi connectivity index (χ3v) is 3.97. The lowest BCUT2D eigenvalue weighted by Crippen LogP contribution is -2.40. The fraction of sp³-hybridized carbons (Fsp3) is 0.588. The van der Waals surface area contributed by atoms with Crippen molar-refractivity contribution in [3.05, 3.63) is 39.9 Å². The van der Waals surface area contributed by atoms with Gasteiger partial charge in [-0.05, 0) is 18.4 Å². The SMILES string of the molecule is CCCCNC(=NCc1ccc([N+](=O)[O-])cc1)NCC1CCOC1. The molecule has 1 atom stereocenters. The fourth-order valence-corrected chi connectivity index (χ4v) is 2.44. The Morgan fingerprint density at radius 2 is 2.17 bits per heavy atom. The summed E-state index contributed by atoms with van der Waals surface area (Å²) in [5, 5.41) is 17.4. The number of nitrogens with one attached hydrogen (secondary N) is 2. The first kappa shape index (κ1) is 18.2. The van der Waals surface area contributed by atoms with Crippen molar-refractivity contribution in [3.8, 4) is 0 Å². The van der Waals surface area contributed by atoms with Gasteiger partial charge in [0.2, 0.25) is 0 Å². The van der Waals surface area contributed by atoms with E-state index in [1.54, 1.807) is 12.1 Å². The molecule has 24 heavy (non-hydrogen) atoms. The van der Waals surface area contributed by atoms with E-state index in [1.165, 1.54) is 12.1 Å². The van der Waals surface area contributed by atoms with Gasteiger partial charge in [0.15, 0.2) is 5.96 Å². The number of hydrogen-bond acceptors (Lipinski definition) is 4. The molecule has 0 amide bonds. The molecule has 7 nitrogen and oxygen atoms in total. The molecule has 1 fully saturated rings. The van der Waals surface area contributed by atoms with Crippen LogP contribution in [0.15, 0.2) is 29.3 Å². The molecule has 0 spiro atoms. The Hall–Kier alpha value is -2.15. The lowest BCUT2D eigenvalue weighted by atomic mass is 10.1. The molecule has 2 rings (SSSR count). The van der Waals surface area contributed by atoms with E-state index in [9.17, 15) is 10.1 Å². The van der Waals surface area contributed by atoms with Gasteiger partial charge in [0.05, 0.1) is 18.1 Å². The fourth-order valence-electron chi connectivity index (χ4n) is 2.44. The average molecular weight is 334 g/mol. The van der Waals surface area contributed by atoms with Crippen LogP contribution in [0.1, 0.15) is 31.7 Å². The number of unbranched alkanes of at least 4 members (excludes halogenated alkanes) is 1. The van der Waals surface area contributed by atoms with E-state index < -0.39 is 4.92 Å². The summed E-state index contributed by atoms with van der Waals surface area (Å²) in [5.41, 5.74) is 1.05. The third kappa shape index (κ3) is 6.16. The maximum absolute atomic E-state index is 10.7. The number of benzene rings is 1. The molecule has 7 heteroatoms. The van der Waals surface area contributed by atoms with Crippen LogP contribution in [0, 0.1) is 16.0 Å². The van der Waals surface area contributed by atoms with Gasteiger partial charge >= 0.3 is 0 Å². The molecule has 1 aliphatic rings. The van der Waals surface area contributed by atoms with Crippen LogP contribution in [0.5, 0.6) is 0 Å². The Morgan fingerprint density at radius 1 is 1.38 bits per heavy atom. The zero-order valence-corrected chi connectivity index (χ0v) is 14.2. The summed E-state index contributed by atoms with van der Waals surface area (Å²) >= 11 is 0. The predicted octanol–water partition coefficient (Wildman–Crippen LogP) is 2.47. The lowest BCUT2D eigenvalue weighted by molar-refractivity contribution is -0.384. The highest BCUT2D eigenvalue weighted by Gasteiger charge is 2.15. The van der Waals surface area contributed by atoms with E-state index in [4.69, 9.17) is 4.74 Å². The number of ether oxygens (including phenoxy) is 1. The second-order valence-corrected chi connectivity index (χ2v) is 5.98. The van der Waals surface area contributed by atoms with Crippen molar-refractivity contribution in [2.75, 3.05) is 26.3 Å². The van der Waals surface area contributed by atoms with Gasteiger partial charge in [-0.15, -0.1) is 0 Å². The van der Waals surface area contributed by atoms with E-state index in [1.807, 2.05) is 0 Å². The minimum absolute atomic E-state index is 0.100. The molecule has 1 aromatic carbocycles.